The van der Waals surface area contributed by atoms with Crippen LogP contribution in [0, 0.1) is 0 Å². The standard InChI is InChI=1S/C52H33N3OSi/c1-5-17-34(18-6-1)48-51-49(54-52(53-48)35-19-7-2-8-20-35)42-30-29-36(33-46(42)57(51,37-21-9-3-10-22-37)38-23-11-4-12-24-38)55-43-27-15-13-25-39(43)40-31-32-45-47(50(40)55)41-26-14-16-28-44(41)56-45/h1-33H. The number of hydrogen-bond donors (Lipinski definition) is 0. The van der Waals surface area contributed by atoms with E-state index in [1.807, 2.05) is 12.1 Å². The van der Waals surface area contributed by atoms with Gasteiger partial charge in [0.15, 0.2) is 13.9 Å². The second-order valence-corrected chi connectivity index (χ2v) is 18.5. The monoisotopic (exact) mass is 743 g/mol. The highest BCUT2D eigenvalue weighted by molar-refractivity contribution is 7.22. The van der Waals surface area contributed by atoms with Gasteiger partial charge in [-0.25, -0.2) is 9.97 Å². The average Bonchev–Trinajstić information content (AvgIpc) is 3.93. The van der Waals surface area contributed by atoms with Crippen LogP contribution < -0.4 is 20.7 Å². The first-order chi connectivity index (χ1) is 28.3. The van der Waals surface area contributed by atoms with Gasteiger partial charge in [-0.3, -0.25) is 0 Å². The minimum atomic E-state index is -3.10. The van der Waals surface area contributed by atoms with Crippen molar-refractivity contribution in [1.29, 1.82) is 0 Å². The maximum Gasteiger partial charge on any atom is 0.185 e. The minimum Gasteiger partial charge on any atom is -0.456 e. The Morgan fingerprint density at radius 2 is 1.05 bits per heavy atom. The third kappa shape index (κ3) is 4.55. The second kappa shape index (κ2) is 12.3. The van der Waals surface area contributed by atoms with Crippen LogP contribution in [0.1, 0.15) is 0 Å². The molecule has 0 aliphatic carbocycles. The molecule has 4 nitrogen and oxygen atoms in total. The van der Waals surface area contributed by atoms with Crippen molar-refractivity contribution in [3.63, 3.8) is 0 Å². The van der Waals surface area contributed by atoms with Gasteiger partial charge in [0.1, 0.15) is 11.2 Å². The highest BCUT2D eigenvalue weighted by Crippen LogP contribution is 2.42. The van der Waals surface area contributed by atoms with Crippen LogP contribution in [0.5, 0.6) is 0 Å². The van der Waals surface area contributed by atoms with Gasteiger partial charge in [-0.2, -0.15) is 0 Å². The molecule has 0 unspecified atom stereocenters. The molecule has 0 saturated carbocycles. The molecule has 0 fully saturated rings. The van der Waals surface area contributed by atoms with Gasteiger partial charge in [0.05, 0.1) is 27.8 Å². The summed E-state index contributed by atoms with van der Waals surface area (Å²) in [6, 6.07) is 72.0. The van der Waals surface area contributed by atoms with Crippen molar-refractivity contribution >= 4 is 72.6 Å². The lowest BCUT2D eigenvalue weighted by Gasteiger charge is -2.32. The molecule has 57 heavy (non-hydrogen) atoms. The fourth-order valence-electron chi connectivity index (χ4n) is 9.53. The van der Waals surface area contributed by atoms with Crippen molar-refractivity contribution in [3.8, 4) is 39.6 Å². The average molecular weight is 744 g/mol. The number of para-hydroxylation sites is 2. The van der Waals surface area contributed by atoms with E-state index in [4.69, 9.17) is 14.4 Å². The number of fused-ring (bicyclic) bond motifs is 10. The molecule has 11 aromatic rings. The normalized spacial score (nSPS) is 13.1. The Morgan fingerprint density at radius 3 is 1.77 bits per heavy atom. The van der Waals surface area contributed by atoms with Crippen LogP contribution in [0.15, 0.2) is 205 Å². The fraction of sp³-hybridized carbons (Fsp3) is 0. The number of benzene rings is 8. The Morgan fingerprint density at radius 1 is 0.456 bits per heavy atom. The molecule has 3 aromatic heterocycles. The molecule has 0 amide bonds. The molecule has 0 N–H and O–H groups in total. The Hall–Kier alpha value is -7.34. The predicted molar refractivity (Wildman–Crippen MR) is 237 cm³/mol. The Balaban J connectivity index is 1.25. The van der Waals surface area contributed by atoms with Gasteiger partial charge >= 0.3 is 0 Å². The van der Waals surface area contributed by atoms with E-state index in [2.05, 4.69) is 193 Å². The number of aromatic nitrogens is 3. The van der Waals surface area contributed by atoms with Crippen LogP contribution in [0.2, 0.25) is 0 Å². The molecule has 1 aliphatic heterocycles. The molecule has 0 saturated heterocycles. The second-order valence-electron chi connectivity index (χ2n) is 14.8. The van der Waals surface area contributed by atoms with E-state index in [0.29, 0.717) is 0 Å². The fourth-order valence-corrected chi connectivity index (χ4v) is 14.8. The van der Waals surface area contributed by atoms with Crippen LogP contribution in [0.3, 0.4) is 0 Å². The van der Waals surface area contributed by atoms with Gasteiger partial charge in [0.25, 0.3) is 0 Å². The van der Waals surface area contributed by atoms with Crippen molar-refractivity contribution in [2.45, 2.75) is 0 Å². The topological polar surface area (TPSA) is 43.9 Å². The molecule has 0 bridgehead atoms. The minimum absolute atomic E-state index is 0.728. The summed E-state index contributed by atoms with van der Waals surface area (Å²) >= 11 is 0. The smallest absolute Gasteiger partial charge is 0.185 e. The number of rotatable bonds is 5. The summed E-state index contributed by atoms with van der Waals surface area (Å²) in [7, 11) is -3.10. The van der Waals surface area contributed by atoms with E-state index in [1.54, 1.807) is 0 Å². The molecule has 0 radical (unpaired) electrons. The molecule has 5 heteroatoms. The van der Waals surface area contributed by atoms with Crippen molar-refractivity contribution in [2.75, 3.05) is 0 Å². The van der Waals surface area contributed by atoms with E-state index in [0.717, 1.165) is 72.6 Å². The quantitative estimate of drug-likeness (QED) is 0.165. The molecule has 8 aromatic carbocycles. The van der Waals surface area contributed by atoms with Crippen LogP contribution >= 0.6 is 0 Å². The molecule has 0 spiro atoms. The van der Waals surface area contributed by atoms with Gasteiger partial charge in [0.2, 0.25) is 0 Å². The molecular formula is C52H33N3OSi. The van der Waals surface area contributed by atoms with Crippen LogP contribution in [-0.4, -0.2) is 22.6 Å². The highest BCUT2D eigenvalue weighted by atomic mass is 28.3. The number of nitrogens with zero attached hydrogens (tertiary/aromatic N) is 3. The van der Waals surface area contributed by atoms with Gasteiger partial charge in [-0.05, 0) is 52.0 Å². The van der Waals surface area contributed by atoms with Crippen molar-refractivity contribution in [3.05, 3.63) is 200 Å². The Bertz CT molecular complexity index is 3300. The first-order valence-corrected chi connectivity index (χ1v) is 21.4. The van der Waals surface area contributed by atoms with Crippen LogP contribution in [0.25, 0.3) is 83.3 Å². The largest absolute Gasteiger partial charge is 0.456 e. The summed E-state index contributed by atoms with van der Waals surface area (Å²) in [5, 5.41) is 9.78. The van der Waals surface area contributed by atoms with Gasteiger partial charge in [-0.1, -0.05) is 164 Å². The summed E-state index contributed by atoms with van der Waals surface area (Å²) in [6.07, 6.45) is 0. The first kappa shape index (κ1) is 32.0. The lowest BCUT2D eigenvalue weighted by molar-refractivity contribution is 0.669. The van der Waals surface area contributed by atoms with Crippen molar-refractivity contribution in [1.82, 2.24) is 14.5 Å². The molecule has 266 valence electrons. The van der Waals surface area contributed by atoms with E-state index >= 15 is 0 Å². The summed E-state index contributed by atoms with van der Waals surface area (Å²) in [4.78, 5) is 11.1. The lowest BCUT2D eigenvalue weighted by atomic mass is 10.1. The molecular weight excluding hydrogens is 711 g/mol. The first-order valence-electron chi connectivity index (χ1n) is 19.4. The highest BCUT2D eigenvalue weighted by Gasteiger charge is 2.52. The van der Waals surface area contributed by atoms with Gasteiger partial charge < -0.3 is 8.98 Å². The van der Waals surface area contributed by atoms with E-state index in [-0.39, 0.29) is 0 Å². The number of furan rings is 1. The third-order valence-electron chi connectivity index (χ3n) is 11.9. The maximum absolute atomic E-state index is 6.49. The molecule has 4 heterocycles. The maximum atomic E-state index is 6.49. The van der Waals surface area contributed by atoms with Crippen molar-refractivity contribution < 1.29 is 4.42 Å². The van der Waals surface area contributed by atoms with E-state index in [1.165, 1.54) is 31.5 Å². The molecule has 0 atom stereocenters. The lowest BCUT2D eigenvalue weighted by Crippen LogP contribution is -2.73. The zero-order valence-electron chi connectivity index (χ0n) is 30.8. The molecule has 12 rings (SSSR count). The Labute approximate surface area is 330 Å². The van der Waals surface area contributed by atoms with E-state index < -0.39 is 8.07 Å². The van der Waals surface area contributed by atoms with E-state index in [9.17, 15) is 0 Å². The van der Waals surface area contributed by atoms with Crippen molar-refractivity contribution in [2.24, 2.45) is 0 Å². The number of hydrogen-bond acceptors (Lipinski definition) is 3. The summed E-state index contributed by atoms with van der Waals surface area (Å²) in [6.45, 7) is 0. The summed E-state index contributed by atoms with van der Waals surface area (Å²) < 4.78 is 8.96. The molecule has 1 aliphatic rings. The predicted octanol–water partition coefficient (Wildman–Crippen LogP) is 10.2. The summed E-state index contributed by atoms with van der Waals surface area (Å²) in [5.74, 6) is 0.728. The zero-order chi connectivity index (χ0) is 37.5. The summed E-state index contributed by atoms with van der Waals surface area (Å²) in [5.41, 5.74) is 10.4. The zero-order valence-corrected chi connectivity index (χ0v) is 31.8. The van der Waals surface area contributed by atoms with Crippen LogP contribution in [-0.2, 0) is 0 Å². The van der Waals surface area contributed by atoms with Gasteiger partial charge in [0, 0.05) is 43.7 Å². The van der Waals surface area contributed by atoms with Crippen LogP contribution in [0.4, 0.5) is 0 Å². The Kier molecular flexibility index (Phi) is 6.91. The SMILES string of the molecule is c1ccc(-c2nc(-c3ccccc3)c3c(n2)-c2ccc(-n4c5ccccc5c5ccc6oc7ccccc7c6c54)cc2[Si]3(c2ccccc2)c2ccccc2)cc1. The third-order valence-corrected chi connectivity index (χ3v) is 16.7. The van der Waals surface area contributed by atoms with Gasteiger partial charge in [-0.15, -0.1) is 0 Å².